The molecule has 1 amide bonds. The molecular formula is C8H11N3O2. The lowest BCUT2D eigenvalue weighted by atomic mass is 10.1. The first-order chi connectivity index (χ1) is 6.31. The summed E-state index contributed by atoms with van der Waals surface area (Å²) in [6, 6.07) is 0. The quantitative estimate of drug-likeness (QED) is 0.323. The van der Waals surface area contributed by atoms with Gasteiger partial charge >= 0.3 is 0 Å². The Labute approximate surface area is 75.8 Å². The van der Waals surface area contributed by atoms with Gasteiger partial charge in [0.1, 0.15) is 6.61 Å². The number of allylic oxidation sites excluding steroid dienone is 1. The smallest absolute Gasteiger partial charge is 0.262 e. The number of carbonyl (C=O) groups excluding carboxylic acids is 1. The third kappa shape index (κ3) is 1.38. The molecule has 5 heteroatoms. The first-order valence-electron chi connectivity index (χ1n) is 4.12. The lowest BCUT2D eigenvalue weighted by Crippen LogP contribution is -2.33. The Bertz CT molecular complexity index is 296. The van der Waals surface area contributed by atoms with Crippen LogP contribution in [-0.2, 0) is 9.53 Å². The first-order valence-corrected chi connectivity index (χ1v) is 4.12. The highest BCUT2D eigenvalue weighted by Crippen LogP contribution is 2.22. The van der Waals surface area contributed by atoms with E-state index in [1.165, 1.54) is 0 Å². The third-order valence-electron chi connectivity index (χ3n) is 2.10. The molecule has 0 radical (unpaired) electrons. The highest BCUT2D eigenvalue weighted by molar-refractivity contribution is 5.93. The Morgan fingerprint density at radius 3 is 3.31 bits per heavy atom. The van der Waals surface area contributed by atoms with Gasteiger partial charge in [0.05, 0.1) is 6.54 Å². The summed E-state index contributed by atoms with van der Waals surface area (Å²) in [5.41, 5.74) is 2.77. The lowest BCUT2D eigenvalue weighted by molar-refractivity contribution is -0.117. The molecule has 2 rings (SSSR count). The second-order valence-corrected chi connectivity index (χ2v) is 2.92. The van der Waals surface area contributed by atoms with Gasteiger partial charge in [0.2, 0.25) is 0 Å². The number of hydrogen-bond acceptors (Lipinski definition) is 4. The summed E-state index contributed by atoms with van der Waals surface area (Å²) in [6.45, 7) is 1.48. The molecule has 1 fully saturated rings. The van der Waals surface area contributed by atoms with Gasteiger partial charge < -0.3 is 9.64 Å². The molecule has 0 atom stereocenters. The van der Waals surface area contributed by atoms with Crippen LogP contribution in [0.5, 0.6) is 0 Å². The van der Waals surface area contributed by atoms with Crippen LogP contribution in [0.25, 0.3) is 0 Å². The van der Waals surface area contributed by atoms with Crippen LogP contribution in [0.4, 0.5) is 0 Å². The molecule has 2 aliphatic rings. The Morgan fingerprint density at radius 2 is 2.54 bits per heavy atom. The molecule has 0 aromatic rings. The highest BCUT2D eigenvalue weighted by Gasteiger charge is 2.22. The molecule has 0 aromatic heterocycles. The van der Waals surface area contributed by atoms with Crippen molar-refractivity contribution in [1.82, 2.24) is 10.3 Å². The third-order valence-corrected chi connectivity index (χ3v) is 2.10. The largest absolute Gasteiger partial charge is 0.477 e. The van der Waals surface area contributed by atoms with Crippen molar-refractivity contribution in [1.29, 1.82) is 0 Å². The van der Waals surface area contributed by atoms with Gasteiger partial charge in [0.25, 0.3) is 5.91 Å². The van der Waals surface area contributed by atoms with Gasteiger partial charge in [-0.2, -0.15) is 0 Å². The molecule has 70 valence electrons. The van der Waals surface area contributed by atoms with Gasteiger partial charge in [-0.3, -0.25) is 10.2 Å². The van der Waals surface area contributed by atoms with Gasteiger partial charge in [-0.25, -0.2) is 5.84 Å². The molecule has 5 nitrogen and oxygen atoms in total. The summed E-state index contributed by atoms with van der Waals surface area (Å²) in [5.74, 6) is 5.64. The molecule has 0 aliphatic carbocycles. The van der Waals surface area contributed by atoms with Crippen molar-refractivity contribution < 1.29 is 9.53 Å². The minimum atomic E-state index is -0.234. The van der Waals surface area contributed by atoms with E-state index in [1.807, 2.05) is 11.0 Å². The van der Waals surface area contributed by atoms with Gasteiger partial charge in [0, 0.05) is 18.2 Å². The van der Waals surface area contributed by atoms with E-state index in [1.54, 1.807) is 6.20 Å². The summed E-state index contributed by atoms with van der Waals surface area (Å²) in [6.07, 6.45) is 4.25. The zero-order valence-corrected chi connectivity index (χ0v) is 7.12. The average Bonchev–Trinajstić information content (AvgIpc) is 2.63. The molecule has 1 saturated heterocycles. The number of hydrazine groups is 1. The van der Waals surface area contributed by atoms with Crippen molar-refractivity contribution in [3.63, 3.8) is 0 Å². The monoisotopic (exact) mass is 181 g/mol. The van der Waals surface area contributed by atoms with Crippen LogP contribution in [-0.4, -0.2) is 24.0 Å². The van der Waals surface area contributed by atoms with E-state index in [9.17, 15) is 4.79 Å². The fraction of sp³-hybridized carbons (Fsp3) is 0.375. The summed E-state index contributed by atoms with van der Waals surface area (Å²) >= 11 is 0. The average molecular weight is 181 g/mol. The van der Waals surface area contributed by atoms with Gasteiger partial charge in [-0.1, -0.05) is 0 Å². The van der Waals surface area contributed by atoms with E-state index >= 15 is 0 Å². The fourth-order valence-corrected chi connectivity index (χ4v) is 1.43. The van der Waals surface area contributed by atoms with E-state index in [0.717, 1.165) is 12.4 Å². The number of carbonyl (C=O) groups is 1. The molecule has 13 heavy (non-hydrogen) atoms. The molecule has 0 saturated carbocycles. The number of fused-ring (bicyclic) bond motifs is 1. The van der Waals surface area contributed by atoms with Gasteiger partial charge in [0.15, 0.2) is 5.88 Å². The van der Waals surface area contributed by atoms with E-state index in [2.05, 4.69) is 5.43 Å². The maximum Gasteiger partial charge on any atom is 0.262 e. The molecule has 3 N–H and O–H groups in total. The molecule has 2 aliphatic heterocycles. The SMILES string of the molecule is NNC(=O)C1=CN2CCOC2=CC1. The molecule has 0 bridgehead atoms. The Kier molecular flexibility index (Phi) is 1.94. The van der Waals surface area contributed by atoms with Crippen LogP contribution in [0.1, 0.15) is 6.42 Å². The summed E-state index contributed by atoms with van der Waals surface area (Å²) in [5, 5.41) is 0. The lowest BCUT2D eigenvalue weighted by Gasteiger charge is -2.18. The molecule has 0 spiro atoms. The maximum atomic E-state index is 11.2. The van der Waals surface area contributed by atoms with Crippen LogP contribution in [0.15, 0.2) is 23.7 Å². The Balaban J connectivity index is 2.14. The van der Waals surface area contributed by atoms with E-state index in [4.69, 9.17) is 10.6 Å². The van der Waals surface area contributed by atoms with Crippen LogP contribution in [0.2, 0.25) is 0 Å². The van der Waals surface area contributed by atoms with Crippen molar-refractivity contribution in [2.75, 3.05) is 13.2 Å². The van der Waals surface area contributed by atoms with Crippen molar-refractivity contribution in [3.8, 4) is 0 Å². The first kappa shape index (κ1) is 8.12. The molecule has 0 unspecified atom stereocenters. The van der Waals surface area contributed by atoms with Crippen LogP contribution >= 0.6 is 0 Å². The van der Waals surface area contributed by atoms with Crippen molar-refractivity contribution >= 4 is 5.91 Å². The van der Waals surface area contributed by atoms with Crippen LogP contribution in [0.3, 0.4) is 0 Å². The molecule has 2 heterocycles. The highest BCUT2D eigenvalue weighted by atomic mass is 16.5. The van der Waals surface area contributed by atoms with Crippen LogP contribution in [0, 0.1) is 0 Å². The number of amides is 1. The number of nitrogens with one attached hydrogen (secondary N) is 1. The molecular weight excluding hydrogens is 170 g/mol. The van der Waals surface area contributed by atoms with Crippen molar-refractivity contribution in [2.24, 2.45) is 5.84 Å². The van der Waals surface area contributed by atoms with E-state index < -0.39 is 0 Å². The second kappa shape index (κ2) is 3.10. The zero-order chi connectivity index (χ0) is 9.26. The van der Waals surface area contributed by atoms with Crippen molar-refractivity contribution in [2.45, 2.75) is 6.42 Å². The summed E-state index contributed by atoms with van der Waals surface area (Å²) in [4.78, 5) is 13.1. The van der Waals surface area contributed by atoms with Crippen LogP contribution < -0.4 is 11.3 Å². The summed E-state index contributed by atoms with van der Waals surface area (Å²) < 4.78 is 5.30. The Morgan fingerprint density at radius 1 is 1.69 bits per heavy atom. The van der Waals surface area contributed by atoms with E-state index in [-0.39, 0.29) is 5.91 Å². The van der Waals surface area contributed by atoms with E-state index in [0.29, 0.717) is 18.6 Å². The van der Waals surface area contributed by atoms with Crippen molar-refractivity contribution in [3.05, 3.63) is 23.7 Å². The second-order valence-electron chi connectivity index (χ2n) is 2.92. The van der Waals surface area contributed by atoms with Gasteiger partial charge in [-0.05, 0) is 6.08 Å². The number of rotatable bonds is 1. The predicted molar refractivity (Wildman–Crippen MR) is 45.8 cm³/mol. The molecule has 0 aromatic carbocycles. The standard InChI is InChI=1S/C8H11N3O2/c9-10-8(12)6-1-2-7-11(5-6)3-4-13-7/h2,5H,1,3-4,9H2,(H,10,12). The summed E-state index contributed by atoms with van der Waals surface area (Å²) in [7, 11) is 0. The minimum absolute atomic E-state index is 0.234. The normalized spacial score (nSPS) is 19.9. The number of nitrogens with two attached hydrogens (primary N) is 1. The minimum Gasteiger partial charge on any atom is -0.477 e. The predicted octanol–water partition coefficient (Wildman–Crippen LogP) is -0.563. The maximum absolute atomic E-state index is 11.2. The fourth-order valence-electron chi connectivity index (χ4n) is 1.43. The van der Waals surface area contributed by atoms with Gasteiger partial charge in [-0.15, -0.1) is 0 Å². The number of ether oxygens (including phenoxy) is 1. The zero-order valence-electron chi connectivity index (χ0n) is 7.12. The number of hydrogen-bond donors (Lipinski definition) is 2. The topological polar surface area (TPSA) is 67.6 Å². The Hall–Kier alpha value is -1.49. The number of nitrogens with zero attached hydrogens (tertiary/aromatic N) is 1.